The second kappa shape index (κ2) is 5.17. The number of nitrogens with zero attached hydrogens (tertiary/aromatic N) is 2. The number of carbonyl (C=O) groups excluding carboxylic acids is 1. The van der Waals surface area contributed by atoms with Crippen LogP contribution in [0.15, 0.2) is 54.9 Å². The molecule has 2 aromatic heterocycles. The molecule has 3 aromatic rings. The molecule has 4 heteroatoms. The van der Waals surface area contributed by atoms with Crippen LogP contribution in [0, 0.1) is 6.92 Å². The van der Waals surface area contributed by atoms with Crippen molar-refractivity contribution in [2.45, 2.75) is 13.5 Å². The summed E-state index contributed by atoms with van der Waals surface area (Å²) in [7, 11) is 0. The molecule has 3 rings (SSSR count). The van der Waals surface area contributed by atoms with Crippen molar-refractivity contribution in [2.75, 3.05) is 0 Å². The molecule has 0 bridgehead atoms. The molecule has 1 aromatic carbocycles. The SMILES string of the molecule is Cc1ccn2cc(CNC(=O)c3ccccc3)nc2c1. The number of rotatable bonds is 3. The van der Waals surface area contributed by atoms with E-state index in [-0.39, 0.29) is 5.91 Å². The Labute approximate surface area is 117 Å². The van der Waals surface area contributed by atoms with Gasteiger partial charge in [-0.15, -0.1) is 0 Å². The minimum Gasteiger partial charge on any atom is -0.346 e. The quantitative estimate of drug-likeness (QED) is 0.791. The van der Waals surface area contributed by atoms with Crippen molar-refractivity contribution in [3.63, 3.8) is 0 Å². The van der Waals surface area contributed by atoms with Crippen LogP contribution in [0.25, 0.3) is 5.65 Å². The molecule has 1 amide bonds. The number of nitrogens with one attached hydrogen (secondary N) is 1. The van der Waals surface area contributed by atoms with E-state index in [2.05, 4.69) is 10.3 Å². The van der Waals surface area contributed by atoms with Crippen LogP contribution >= 0.6 is 0 Å². The second-order valence-electron chi connectivity index (χ2n) is 4.75. The number of fused-ring (bicyclic) bond motifs is 1. The minimum atomic E-state index is -0.0844. The molecule has 0 aliphatic rings. The third kappa shape index (κ3) is 2.54. The lowest BCUT2D eigenvalue weighted by molar-refractivity contribution is 0.0950. The summed E-state index contributed by atoms with van der Waals surface area (Å²) in [5.74, 6) is -0.0844. The zero-order valence-corrected chi connectivity index (χ0v) is 11.2. The summed E-state index contributed by atoms with van der Waals surface area (Å²) < 4.78 is 1.96. The second-order valence-corrected chi connectivity index (χ2v) is 4.75. The Morgan fingerprint density at radius 3 is 2.85 bits per heavy atom. The van der Waals surface area contributed by atoms with E-state index in [9.17, 15) is 4.79 Å². The van der Waals surface area contributed by atoms with Gasteiger partial charge in [0, 0.05) is 18.0 Å². The molecule has 0 atom stereocenters. The number of hydrogen-bond donors (Lipinski definition) is 1. The Morgan fingerprint density at radius 1 is 1.25 bits per heavy atom. The molecular weight excluding hydrogens is 250 g/mol. The lowest BCUT2D eigenvalue weighted by atomic mass is 10.2. The van der Waals surface area contributed by atoms with Crippen LogP contribution in [0.5, 0.6) is 0 Å². The highest BCUT2D eigenvalue weighted by Crippen LogP contribution is 2.08. The largest absolute Gasteiger partial charge is 0.346 e. The molecule has 4 nitrogen and oxygen atoms in total. The Bertz CT molecular complexity index is 747. The maximum absolute atomic E-state index is 11.9. The van der Waals surface area contributed by atoms with E-state index in [1.54, 1.807) is 12.1 Å². The minimum absolute atomic E-state index is 0.0844. The first kappa shape index (κ1) is 12.4. The summed E-state index contributed by atoms with van der Waals surface area (Å²) >= 11 is 0. The fraction of sp³-hybridized carbons (Fsp3) is 0.125. The molecule has 0 aliphatic heterocycles. The van der Waals surface area contributed by atoms with Gasteiger partial charge in [-0.05, 0) is 36.8 Å². The maximum Gasteiger partial charge on any atom is 0.251 e. The molecule has 0 spiro atoms. The molecule has 0 radical (unpaired) electrons. The van der Waals surface area contributed by atoms with Crippen LogP contribution in [0.2, 0.25) is 0 Å². The predicted molar refractivity (Wildman–Crippen MR) is 77.5 cm³/mol. The van der Waals surface area contributed by atoms with Gasteiger partial charge in [-0.1, -0.05) is 18.2 Å². The Kier molecular flexibility index (Phi) is 3.21. The standard InChI is InChI=1S/C16H15N3O/c1-12-7-8-19-11-14(18-15(19)9-12)10-17-16(20)13-5-3-2-4-6-13/h2-9,11H,10H2,1H3,(H,17,20). The molecule has 20 heavy (non-hydrogen) atoms. The number of benzene rings is 1. The highest BCUT2D eigenvalue weighted by atomic mass is 16.1. The van der Waals surface area contributed by atoms with E-state index in [4.69, 9.17) is 0 Å². The van der Waals surface area contributed by atoms with Crippen molar-refractivity contribution in [3.05, 3.63) is 71.7 Å². The van der Waals surface area contributed by atoms with E-state index in [0.717, 1.165) is 11.3 Å². The van der Waals surface area contributed by atoms with Gasteiger partial charge in [0.2, 0.25) is 0 Å². The number of aromatic nitrogens is 2. The molecule has 0 saturated heterocycles. The molecular formula is C16H15N3O. The van der Waals surface area contributed by atoms with Gasteiger partial charge < -0.3 is 9.72 Å². The van der Waals surface area contributed by atoms with Crippen molar-refractivity contribution in [3.8, 4) is 0 Å². The zero-order chi connectivity index (χ0) is 13.9. The van der Waals surface area contributed by atoms with E-state index in [0.29, 0.717) is 12.1 Å². The van der Waals surface area contributed by atoms with Crippen molar-refractivity contribution in [1.82, 2.24) is 14.7 Å². The number of imidazole rings is 1. The summed E-state index contributed by atoms with van der Waals surface area (Å²) in [4.78, 5) is 16.4. The Morgan fingerprint density at radius 2 is 2.05 bits per heavy atom. The summed E-state index contributed by atoms with van der Waals surface area (Å²) in [6.45, 7) is 2.46. The molecule has 2 heterocycles. The normalized spacial score (nSPS) is 10.7. The average molecular weight is 265 g/mol. The molecule has 100 valence electrons. The van der Waals surface area contributed by atoms with E-state index in [1.165, 1.54) is 5.56 Å². The third-order valence-corrected chi connectivity index (χ3v) is 3.13. The molecule has 0 fully saturated rings. The lowest BCUT2D eigenvalue weighted by Crippen LogP contribution is -2.22. The molecule has 1 N–H and O–H groups in total. The van der Waals surface area contributed by atoms with E-state index in [1.807, 2.05) is 54.0 Å². The summed E-state index contributed by atoms with van der Waals surface area (Å²) in [5, 5.41) is 2.88. The van der Waals surface area contributed by atoms with Gasteiger partial charge >= 0.3 is 0 Å². The van der Waals surface area contributed by atoms with Crippen LogP contribution in [0.4, 0.5) is 0 Å². The molecule has 0 saturated carbocycles. The Hall–Kier alpha value is -2.62. The topological polar surface area (TPSA) is 46.4 Å². The lowest BCUT2D eigenvalue weighted by Gasteiger charge is -2.02. The number of pyridine rings is 1. The first-order chi connectivity index (χ1) is 9.72. The van der Waals surface area contributed by atoms with Gasteiger partial charge in [0.15, 0.2) is 0 Å². The number of aryl methyl sites for hydroxylation is 1. The van der Waals surface area contributed by atoms with Gasteiger partial charge in [-0.25, -0.2) is 4.98 Å². The van der Waals surface area contributed by atoms with Crippen LogP contribution in [0.3, 0.4) is 0 Å². The van der Waals surface area contributed by atoms with Crippen LogP contribution < -0.4 is 5.32 Å². The highest BCUT2D eigenvalue weighted by Gasteiger charge is 2.06. The number of hydrogen-bond acceptors (Lipinski definition) is 2. The van der Waals surface area contributed by atoms with Crippen LogP contribution in [-0.2, 0) is 6.54 Å². The predicted octanol–water partition coefficient (Wildman–Crippen LogP) is 2.57. The first-order valence-corrected chi connectivity index (χ1v) is 6.50. The Balaban J connectivity index is 1.72. The monoisotopic (exact) mass is 265 g/mol. The molecule has 0 unspecified atom stereocenters. The van der Waals surface area contributed by atoms with Crippen LogP contribution in [-0.4, -0.2) is 15.3 Å². The van der Waals surface area contributed by atoms with E-state index < -0.39 is 0 Å². The fourth-order valence-corrected chi connectivity index (χ4v) is 2.08. The zero-order valence-electron chi connectivity index (χ0n) is 11.2. The smallest absolute Gasteiger partial charge is 0.251 e. The van der Waals surface area contributed by atoms with Gasteiger partial charge in [-0.2, -0.15) is 0 Å². The van der Waals surface area contributed by atoms with Gasteiger partial charge in [0.1, 0.15) is 5.65 Å². The third-order valence-electron chi connectivity index (χ3n) is 3.13. The molecule has 0 aliphatic carbocycles. The summed E-state index contributed by atoms with van der Waals surface area (Å²) in [6.07, 6.45) is 3.90. The van der Waals surface area contributed by atoms with Crippen molar-refractivity contribution < 1.29 is 4.79 Å². The fourth-order valence-electron chi connectivity index (χ4n) is 2.08. The van der Waals surface area contributed by atoms with Crippen molar-refractivity contribution >= 4 is 11.6 Å². The van der Waals surface area contributed by atoms with Crippen LogP contribution in [0.1, 0.15) is 21.6 Å². The van der Waals surface area contributed by atoms with Gasteiger partial charge in [-0.3, -0.25) is 4.79 Å². The average Bonchev–Trinajstić information content (AvgIpc) is 2.87. The van der Waals surface area contributed by atoms with E-state index >= 15 is 0 Å². The summed E-state index contributed by atoms with van der Waals surface area (Å²) in [6, 6.07) is 13.2. The first-order valence-electron chi connectivity index (χ1n) is 6.50. The maximum atomic E-state index is 11.9. The van der Waals surface area contributed by atoms with Gasteiger partial charge in [0.05, 0.1) is 12.2 Å². The number of carbonyl (C=O) groups is 1. The summed E-state index contributed by atoms with van der Waals surface area (Å²) in [5.41, 5.74) is 3.57. The van der Waals surface area contributed by atoms with Gasteiger partial charge in [0.25, 0.3) is 5.91 Å². The highest BCUT2D eigenvalue weighted by molar-refractivity contribution is 5.94. The van der Waals surface area contributed by atoms with Crippen molar-refractivity contribution in [1.29, 1.82) is 0 Å². The number of amides is 1. The van der Waals surface area contributed by atoms with Crippen molar-refractivity contribution in [2.24, 2.45) is 0 Å².